The molecular formula is C13H20N2O2. The highest BCUT2D eigenvalue weighted by atomic mass is 16.4. The predicted molar refractivity (Wildman–Crippen MR) is 67.8 cm³/mol. The van der Waals surface area contributed by atoms with Crippen molar-refractivity contribution in [1.29, 1.82) is 0 Å². The van der Waals surface area contributed by atoms with Gasteiger partial charge in [0.2, 0.25) is 0 Å². The molecule has 1 rings (SSSR count). The first kappa shape index (κ1) is 13.7. The quantitative estimate of drug-likeness (QED) is 0.737. The minimum atomic E-state index is -1.01. The van der Waals surface area contributed by atoms with Crippen molar-refractivity contribution < 1.29 is 9.90 Å². The van der Waals surface area contributed by atoms with Crippen molar-refractivity contribution in [2.45, 2.75) is 39.3 Å². The molecular weight excluding hydrogens is 216 g/mol. The highest BCUT2D eigenvalue weighted by Gasteiger charge is 2.19. The fraction of sp³-hybridized carbons (Fsp3) is 0.462. The van der Waals surface area contributed by atoms with Crippen molar-refractivity contribution in [2.75, 3.05) is 0 Å². The van der Waals surface area contributed by atoms with E-state index >= 15 is 0 Å². The lowest BCUT2D eigenvalue weighted by Gasteiger charge is -2.19. The summed E-state index contributed by atoms with van der Waals surface area (Å²) in [4.78, 5) is 10.7. The molecule has 0 saturated carbocycles. The van der Waals surface area contributed by atoms with Crippen LogP contribution in [0.5, 0.6) is 0 Å². The standard InChI is InChI=1S/C13H20N2O2/c1-7-4-5-10(9(3)8(7)2)11(14)6-12(15)13(16)17/h4-5,11-12H,6,14-15H2,1-3H3,(H,16,17). The third-order valence-corrected chi connectivity index (χ3v) is 3.32. The lowest BCUT2D eigenvalue weighted by molar-refractivity contribution is -0.138. The summed E-state index contributed by atoms with van der Waals surface area (Å²) in [7, 11) is 0. The monoisotopic (exact) mass is 236 g/mol. The Kier molecular flexibility index (Phi) is 4.26. The molecule has 0 aliphatic rings. The third-order valence-electron chi connectivity index (χ3n) is 3.32. The molecule has 2 atom stereocenters. The van der Waals surface area contributed by atoms with E-state index in [0.717, 1.165) is 11.1 Å². The second kappa shape index (κ2) is 5.29. The largest absolute Gasteiger partial charge is 0.480 e. The molecule has 4 heteroatoms. The molecule has 0 aliphatic carbocycles. The average Bonchev–Trinajstić information content (AvgIpc) is 2.25. The molecule has 17 heavy (non-hydrogen) atoms. The van der Waals surface area contributed by atoms with Gasteiger partial charge in [-0.05, 0) is 49.4 Å². The molecule has 1 aromatic rings. The Morgan fingerprint density at radius 3 is 2.35 bits per heavy atom. The molecule has 4 nitrogen and oxygen atoms in total. The molecule has 0 radical (unpaired) electrons. The Morgan fingerprint density at radius 2 is 1.82 bits per heavy atom. The zero-order chi connectivity index (χ0) is 13.2. The molecule has 2 unspecified atom stereocenters. The molecule has 0 aromatic heterocycles. The fourth-order valence-corrected chi connectivity index (χ4v) is 1.88. The van der Waals surface area contributed by atoms with E-state index in [-0.39, 0.29) is 12.5 Å². The molecule has 0 heterocycles. The molecule has 0 bridgehead atoms. The number of rotatable bonds is 4. The van der Waals surface area contributed by atoms with Crippen LogP contribution in [0.2, 0.25) is 0 Å². The molecule has 0 spiro atoms. The van der Waals surface area contributed by atoms with E-state index in [1.54, 1.807) is 0 Å². The van der Waals surface area contributed by atoms with Crippen LogP contribution < -0.4 is 11.5 Å². The minimum absolute atomic E-state index is 0.249. The van der Waals surface area contributed by atoms with E-state index in [2.05, 4.69) is 0 Å². The Hall–Kier alpha value is -1.39. The number of hydrogen-bond donors (Lipinski definition) is 3. The summed E-state index contributed by atoms with van der Waals surface area (Å²) >= 11 is 0. The number of nitrogens with two attached hydrogens (primary N) is 2. The number of carboxylic acids is 1. The number of hydrogen-bond acceptors (Lipinski definition) is 3. The van der Waals surface area contributed by atoms with Crippen LogP contribution in [0, 0.1) is 20.8 Å². The summed E-state index contributed by atoms with van der Waals surface area (Å²) in [5, 5.41) is 8.77. The van der Waals surface area contributed by atoms with Gasteiger partial charge in [0.05, 0.1) is 0 Å². The normalized spacial score (nSPS) is 14.4. The molecule has 94 valence electrons. The first-order chi connectivity index (χ1) is 7.84. The van der Waals surface area contributed by atoms with Gasteiger partial charge in [0.25, 0.3) is 0 Å². The van der Waals surface area contributed by atoms with Crippen LogP contribution in [-0.4, -0.2) is 17.1 Å². The highest BCUT2D eigenvalue weighted by molar-refractivity contribution is 5.73. The lowest BCUT2D eigenvalue weighted by atomic mass is 9.92. The van der Waals surface area contributed by atoms with Crippen LogP contribution in [0.15, 0.2) is 12.1 Å². The van der Waals surface area contributed by atoms with Gasteiger partial charge in [0.1, 0.15) is 6.04 Å². The molecule has 0 saturated heterocycles. The first-order valence-electron chi connectivity index (χ1n) is 5.65. The van der Waals surface area contributed by atoms with Crippen LogP contribution in [-0.2, 0) is 4.79 Å². The van der Waals surface area contributed by atoms with Gasteiger partial charge in [-0.1, -0.05) is 12.1 Å². The summed E-state index contributed by atoms with van der Waals surface area (Å²) in [5.41, 5.74) is 16.0. The summed E-state index contributed by atoms with van der Waals surface area (Å²) in [5.74, 6) is -1.01. The Labute approximate surface area is 102 Å². The smallest absolute Gasteiger partial charge is 0.320 e. The number of carbonyl (C=O) groups is 1. The van der Waals surface area contributed by atoms with Crippen molar-refractivity contribution >= 4 is 5.97 Å². The number of carboxylic acid groups (broad SMARTS) is 1. The van der Waals surface area contributed by atoms with E-state index < -0.39 is 12.0 Å². The zero-order valence-corrected chi connectivity index (χ0v) is 10.5. The summed E-state index contributed by atoms with van der Waals surface area (Å²) in [6, 6.07) is 2.71. The highest BCUT2D eigenvalue weighted by Crippen LogP contribution is 2.24. The van der Waals surface area contributed by atoms with E-state index in [0.29, 0.717) is 0 Å². The predicted octanol–water partition coefficient (Wildman–Crippen LogP) is 1.41. The van der Waals surface area contributed by atoms with Gasteiger partial charge in [-0.3, -0.25) is 4.79 Å². The van der Waals surface area contributed by atoms with Crippen molar-refractivity contribution in [1.82, 2.24) is 0 Å². The number of aryl methyl sites for hydroxylation is 1. The summed E-state index contributed by atoms with van der Waals surface area (Å²) in [6.07, 6.45) is 0.249. The fourth-order valence-electron chi connectivity index (χ4n) is 1.88. The lowest BCUT2D eigenvalue weighted by Crippen LogP contribution is -2.34. The van der Waals surface area contributed by atoms with Crippen molar-refractivity contribution in [2.24, 2.45) is 11.5 Å². The van der Waals surface area contributed by atoms with Crippen molar-refractivity contribution in [3.05, 3.63) is 34.4 Å². The van der Waals surface area contributed by atoms with E-state index in [1.165, 1.54) is 11.1 Å². The maximum Gasteiger partial charge on any atom is 0.320 e. The topological polar surface area (TPSA) is 89.3 Å². The maximum absolute atomic E-state index is 10.7. The van der Waals surface area contributed by atoms with Crippen LogP contribution >= 0.6 is 0 Å². The van der Waals surface area contributed by atoms with E-state index in [9.17, 15) is 4.79 Å². The maximum atomic E-state index is 10.7. The van der Waals surface area contributed by atoms with Gasteiger partial charge in [0.15, 0.2) is 0 Å². The Balaban J connectivity index is 2.93. The minimum Gasteiger partial charge on any atom is -0.480 e. The van der Waals surface area contributed by atoms with E-state index in [4.69, 9.17) is 16.6 Å². The van der Waals surface area contributed by atoms with Gasteiger partial charge >= 0.3 is 5.97 Å². The second-order valence-corrected chi connectivity index (χ2v) is 4.51. The first-order valence-corrected chi connectivity index (χ1v) is 5.65. The molecule has 5 N–H and O–H groups in total. The molecule has 0 fully saturated rings. The molecule has 0 amide bonds. The summed E-state index contributed by atoms with van der Waals surface area (Å²) < 4.78 is 0. The van der Waals surface area contributed by atoms with Gasteiger partial charge in [-0.15, -0.1) is 0 Å². The third kappa shape index (κ3) is 3.05. The molecule has 0 aliphatic heterocycles. The zero-order valence-electron chi connectivity index (χ0n) is 10.5. The second-order valence-electron chi connectivity index (χ2n) is 4.51. The average molecular weight is 236 g/mol. The van der Waals surface area contributed by atoms with Gasteiger partial charge in [-0.25, -0.2) is 0 Å². The Morgan fingerprint density at radius 1 is 1.24 bits per heavy atom. The summed E-state index contributed by atoms with van der Waals surface area (Å²) in [6.45, 7) is 6.09. The van der Waals surface area contributed by atoms with Gasteiger partial charge < -0.3 is 16.6 Å². The van der Waals surface area contributed by atoms with E-state index in [1.807, 2.05) is 32.9 Å². The van der Waals surface area contributed by atoms with Crippen molar-refractivity contribution in [3.8, 4) is 0 Å². The van der Waals surface area contributed by atoms with Crippen LogP contribution in [0.3, 0.4) is 0 Å². The van der Waals surface area contributed by atoms with Crippen LogP contribution in [0.1, 0.15) is 34.7 Å². The van der Waals surface area contributed by atoms with Crippen molar-refractivity contribution in [3.63, 3.8) is 0 Å². The van der Waals surface area contributed by atoms with Crippen LogP contribution in [0.4, 0.5) is 0 Å². The van der Waals surface area contributed by atoms with Gasteiger partial charge in [0, 0.05) is 6.04 Å². The molecule has 1 aromatic carbocycles. The number of aliphatic carboxylic acids is 1. The Bertz CT molecular complexity index is 430. The SMILES string of the molecule is Cc1ccc(C(N)CC(N)C(=O)O)c(C)c1C. The van der Waals surface area contributed by atoms with Crippen LogP contribution in [0.25, 0.3) is 0 Å². The number of benzene rings is 1. The van der Waals surface area contributed by atoms with Gasteiger partial charge in [-0.2, -0.15) is 0 Å².